The zero-order valence-electron chi connectivity index (χ0n) is 12.3. The molecule has 2 bridgehead atoms. The summed E-state index contributed by atoms with van der Waals surface area (Å²) < 4.78 is 0. The molecule has 0 aromatic heterocycles. The van der Waals surface area contributed by atoms with E-state index in [1.165, 1.54) is 18.4 Å². The molecule has 1 N–H and O–H groups in total. The summed E-state index contributed by atoms with van der Waals surface area (Å²) in [4.78, 5) is 13.6. The Morgan fingerprint density at radius 3 is 2.38 bits per heavy atom. The molecule has 0 saturated carbocycles. The van der Waals surface area contributed by atoms with Crippen LogP contribution in [0.5, 0.6) is 0 Å². The molecule has 3 atom stereocenters. The highest BCUT2D eigenvalue weighted by atomic mass is 35.5. The first kappa shape index (κ1) is 14.9. The molecule has 2 aliphatic rings. The predicted octanol–water partition coefficient (Wildman–Crippen LogP) is 4.12. The number of fused-ring (bicyclic) bond motifs is 2. The van der Waals surface area contributed by atoms with Gasteiger partial charge in [0.2, 0.25) is 0 Å². The second-order valence-corrected chi connectivity index (χ2v) is 6.93. The SMILES string of the molecule is CC(c1ccc(Cl)cc1)N1C2CCC1CC(CC(=O)O)C2. The maximum Gasteiger partial charge on any atom is 0.303 e. The number of nitrogens with zero attached hydrogens (tertiary/aromatic N) is 1. The van der Waals surface area contributed by atoms with E-state index in [9.17, 15) is 4.79 Å². The maximum absolute atomic E-state index is 10.9. The fourth-order valence-electron chi connectivity index (χ4n) is 4.29. The molecule has 4 heteroatoms. The third kappa shape index (κ3) is 3.09. The summed E-state index contributed by atoms with van der Waals surface area (Å²) >= 11 is 5.97. The number of rotatable bonds is 4. The smallest absolute Gasteiger partial charge is 0.303 e. The molecule has 0 amide bonds. The number of piperidine rings is 1. The van der Waals surface area contributed by atoms with Gasteiger partial charge in [0.05, 0.1) is 0 Å². The van der Waals surface area contributed by atoms with Crippen molar-refractivity contribution in [1.29, 1.82) is 0 Å². The highest BCUT2D eigenvalue weighted by Gasteiger charge is 2.43. The Morgan fingerprint density at radius 2 is 1.86 bits per heavy atom. The summed E-state index contributed by atoms with van der Waals surface area (Å²) in [5, 5.41) is 9.78. The fourth-order valence-corrected chi connectivity index (χ4v) is 4.41. The van der Waals surface area contributed by atoms with Crippen LogP contribution in [-0.4, -0.2) is 28.1 Å². The molecule has 2 heterocycles. The van der Waals surface area contributed by atoms with Crippen molar-refractivity contribution in [3.63, 3.8) is 0 Å². The normalized spacial score (nSPS) is 30.3. The first-order chi connectivity index (χ1) is 10.0. The number of aliphatic carboxylic acids is 1. The van der Waals surface area contributed by atoms with E-state index in [4.69, 9.17) is 16.7 Å². The predicted molar refractivity (Wildman–Crippen MR) is 83.5 cm³/mol. The number of carboxylic acids is 1. The molecule has 0 aliphatic carbocycles. The number of carbonyl (C=O) groups is 1. The van der Waals surface area contributed by atoms with Crippen LogP contribution >= 0.6 is 11.6 Å². The van der Waals surface area contributed by atoms with Crippen LogP contribution in [0.1, 0.15) is 50.6 Å². The van der Waals surface area contributed by atoms with E-state index in [2.05, 4.69) is 24.0 Å². The van der Waals surface area contributed by atoms with Crippen molar-refractivity contribution >= 4 is 17.6 Å². The first-order valence-electron chi connectivity index (χ1n) is 7.79. The van der Waals surface area contributed by atoms with Gasteiger partial charge in [0.25, 0.3) is 0 Å². The van der Waals surface area contributed by atoms with E-state index < -0.39 is 5.97 Å². The van der Waals surface area contributed by atoms with Gasteiger partial charge in [-0.2, -0.15) is 0 Å². The van der Waals surface area contributed by atoms with E-state index in [-0.39, 0.29) is 0 Å². The summed E-state index contributed by atoms with van der Waals surface area (Å²) in [5.41, 5.74) is 1.30. The van der Waals surface area contributed by atoms with E-state index in [1.54, 1.807) is 0 Å². The second kappa shape index (κ2) is 5.98. The minimum atomic E-state index is -0.654. The minimum Gasteiger partial charge on any atom is -0.481 e. The zero-order chi connectivity index (χ0) is 15.0. The van der Waals surface area contributed by atoms with Crippen LogP contribution in [0, 0.1) is 5.92 Å². The van der Waals surface area contributed by atoms with Gasteiger partial charge in [-0.05, 0) is 56.2 Å². The van der Waals surface area contributed by atoms with Gasteiger partial charge in [0, 0.05) is 29.6 Å². The maximum atomic E-state index is 10.9. The van der Waals surface area contributed by atoms with Gasteiger partial charge in [-0.15, -0.1) is 0 Å². The van der Waals surface area contributed by atoms with Crippen LogP contribution < -0.4 is 0 Å². The van der Waals surface area contributed by atoms with Gasteiger partial charge in [-0.3, -0.25) is 9.69 Å². The van der Waals surface area contributed by atoms with Gasteiger partial charge >= 0.3 is 5.97 Å². The lowest BCUT2D eigenvalue weighted by molar-refractivity contribution is -0.138. The molecule has 114 valence electrons. The Hall–Kier alpha value is -1.06. The van der Waals surface area contributed by atoms with Crippen LogP contribution in [0.3, 0.4) is 0 Å². The first-order valence-corrected chi connectivity index (χ1v) is 8.17. The largest absolute Gasteiger partial charge is 0.481 e. The molecule has 3 nitrogen and oxygen atoms in total. The van der Waals surface area contributed by atoms with Crippen LogP contribution in [0.4, 0.5) is 0 Å². The van der Waals surface area contributed by atoms with Gasteiger partial charge in [-0.1, -0.05) is 23.7 Å². The average Bonchev–Trinajstić information content (AvgIpc) is 2.70. The van der Waals surface area contributed by atoms with Gasteiger partial charge in [-0.25, -0.2) is 0 Å². The Bertz CT molecular complexity index is 502. The van der Waals surface area contributed by atoms with Crippen LogP contribution in [-0.2, 0) is 4.79 Å². The van der Waals surface area contributed by atoms with E-state index in [0.29, 0.717) is 30.5 Å². The molecule has 2 aliphatic heterocycles. The number of halogens is 1. The average molecular weight is 308 g/mol. The highest BCUT2D eigenvalue weighted by Crippen LogP contribution is 2.44. The third-order valence-electron chi connectivity index (χ3n) is 5.15. The summed E-state index contributed by atoms with van der Waals surface area (Å²) in [6.07, 6.45) is 4.80. The number of carboxylic acid groups (broad SMARTS) is 1. The molecular weight excluding hydrogens is 286 g/mol. The molecule has 1 aromatic rings. The Kier molecular flexibility index (Phi) is 4.23. The molecule has 2 fully saturated rings. The second-order valence-electron chi connectivity index (χ2n) is 6.50. The summed E-state index contributed by atoms with van der Waals surface area (Å²) in [5.74, 6) is -0.299. The number of benzene rings is 1. The van der Waals surface area contributed by atoms with E-state index in [0.717, 1.165) is 17.9 Å². The molecule has 3 rings (SSSR count). The van der Waals surface area contributed by atoms with E-state index in [1.807, 2.05) is 12.1 Å². The Balaban J connectivity index is 1.72. The van der Waals surface area contributed by atoms with Gasteiger partial charge in [0.15, 0.2) is 0 Å². The Labute approximate surface area is 130 Å². The van der Waals surface area contributed by atoms with Crippen LogP contribution in [0.15, 0.2) is 24.3 Å². The minimum absolute atomic E-state index is 0.330. The number of hydrogen-bond donors (Lipinski definition) is 1. The molecule has 0 radical (unpaired) electrons. The fraction of sp³-hybridized carbons (Fsp3) is 0.588. The monoisotopic (exact) mass is 307 g/mol. The zero-order valence-corrected chi connectivity index (χ0v) is 13.1. The lowest BCUT2D eigenvalue weighted by Crippen LogP contribution is -2.44. The quantitative estimate of drug-likeness (QED) is 0.909. The highest BCUT2D eigenvalue weighted by molar-refractivity contribution is 6.30. The van der Waals surface area contributed by atoms with Crippen molar-refractivity contribution in [2.75, 3.05) is 0 Å². The number of hydrogen-bond acceptors (Lipinski definition) is 2. The van der Waals surface area contributed by atoms with Crippen LogP contribution in [0.2, 0.25) is 5.02 Å². The molecule has 21 heavy (non-hydrogen) atoms. The molecule has 1 aromatic carbocycles. The van der Waals surface area contributed by atoms with Crippen molar-refractivity contribution in [2.45, 2.75) is 57.2 Å². The summed E-state index contributed by atoms with van der Waals surface area (Å²) in [7, 11) is 0. The van der Waals surface area contributed by atoms with Crippen molar-refractivity contribution in [3.05, 3.63) is 34.9 Å². The molecule has 0 spiro atoms. The standard InChI is InChI=1S/C17H22ClNO2/c1-11(13-2-4-14(18)5-3-13)19-15-6-7-16(19)9-12(8-15)10-17(20)21/h2-5,11-12,15-16H,6-10H2,1H3,(H,20,21). The Morgan fingerprint density at radius 1 is 1.29 bits per heavy atom. The summed E-state index contributed by atoms with van der Waals surface area (Å²) in [6, 6.07) is 9.58. The molecule has 3 unspecified atom stereocenters. The molecular formula is C17H22ClNO2. The van der Waals surface area contributed by atoms with Crippen molar-refractivity contribution in [3.8, 4) is 0 Å². The van der Waals surface area contributed by atoms with Gasteiger partial charge < -0.3 is 5.11 Å². The van der Waals surface area contributed by atoms with Gasteiger partial charge in [0.1, 0.15) is 0 Å². The van der Waals surface area contributed by atoms with Crippen molar-refractivity contribution < 1.29 is 9.90 Å². The molecule has 2 saturated heterocycles. The van der Waals surface area contributed by atoms with Crippen molar-refractivity contribution in [2.24, 2.45) is 5.92 Å². The van der Waals surface area contributed by atoms with E-state index >= 15 is 0 Å². The topological polar surface area (TPSA) is 40.5 Å². The lowest BCUT2D eigenvalue weighted by Gasteiger charge is -2.42. The van der Waals surface area contributed by atoms with Crippen molar-refractivity contribution in [1.82, 2.24) is 4.90 Å². The lowest BCUT2D eigenvalue weighted by atomic mass is 9.86. The third-order valence-corrected chi connectivity index (χ3v) is 5.40. The summed E-state index contributed by atoms with van der Waals surface area (Å²) in [6.45, 7) is 2.26. The van der Waals surface area contributed by atoms with Crippen LogP contribution in [0.25, 0.3) is 0 Å².